The lowest BCUT2D eigenvalue weighted by atomic mass is 10.1. The molecule has 1 aromatic carbocycles. The number of aromatic amines is 1. The molecule has 0 bridgehead atoms. The lowest BCUT2D eigenvalue weighted by molar-refractivity contribution is 0.0894. The van der Waals surface area contributed by atoms with Gasteiger partial charge >= 0.3 is 0 Å². The molecule has 0 saturated carbocycles. The molecule has 3 aromatic rings. The van der Waals surface area contributed by atoms with Crippen molar-refractivity contribution in [1.82, 2.24) is 25.5 Å². The first kappa shape index (κ1) is 20.4. The van der Waals surface area contributed by atoms with Crippen molar-refractivity contribution in [3.63, 3.8) is 0 Å². The van der Waals surface area contributed by atoms with Gasteiger partial charge in [0.25, 0.3) is 11.8 Å². The van der Waals surface area contributed by atoms with E-state index in [1.807, 2.05) is 6.07 Å². The van der Waals surface area contributed by atoms with Crippen LogP contribution in [0.25, 0.3) is 10.9 Å². The van der Waals surface area contributed by atoms with Crippen molar-refractivity contribution in [3.05, 3.63) is 50.6 Å². The predicted octanol–water partition coefficient (Wildman–Crippen LogP) is 2.19. The van der Waals surface area contributed by atoms with E-state index in [1.54, 1.807) is 18.2 Å². The Morgan fingerprint density at radius 1 is 1.23 bits per heavy atom. The van der Waals surface area contributed by atoms with Crippen LogP contribution in [0.5, 0.6) is 0 Å². The van der Waals surface area contributed by atoms with Crippen molar-refractivity contribution in [2.75, 3.05) is 26.8 Å². The number of likely N-dealkylation sites (N-methyl/N-ethyl adjacent to an activating group) is 1. The first-order valence-electron chi connectivity index (χ1n) is 10.1. The van der Waals surface area contributed by atoms with E-state index in [2.05, 4.69) is 32.5 Å². The van der Waals surface area contributed by atoms with Gasteiger partial charge in [0.2, 0.25) is 0 Å². The third-order valence-electron chi connectivity index (χ3n) is 5.66. The molecule has 3 N–H and O–H groups in total. The average molecular weight is 460 g/mol. The number of hydrogen-bond donors (Lipinski definition) is 3. The summed E-state index contributed by atoms with van der Waals surface area (Å²) < 4.78 is 5.53. The number of fused-ring (bicyclic) bond motifs is 2. The number of nitrogens with one attached hydrogen (secondary N) is 3. The molecular weight excluding hydrogens is 438 g/mol. The summed E-state index contributed by atoms with van der Waals surface area (Å²) in [5.41, 5.74) is 2.28. The van der Waals surface area contributed by atoms with Crippen LogP contribution in [0.1, 0.15) is 30.9 Å². The summed E-state index contributed by atoms with van der Waals surface area (Å²) in [7, 11) is 2.06. The van der Waals surface area contributed by atoms with Crippen LogP contribution in [0.3, 0.4) is 0 Å². The molecule has 31 heavy (non-hydrogen) atoms. The highest BCUT2D eigenvalue weighted by atomic mass is 35.5. The molecule has 0 unspecified atom stereocenters. The number of halogens is 1. The fraction of sp³-hybridized carbons (Fsp3) is 0.381. The summed E-state index contributed by atoms with van der Waals surface area (Å²) in [6, 6.07) is 6.52. The highest BCUT2D eigenvalue weighted by Gasteiger charge is 2.32. The van der Waals surface area contributed by atoms with Gasteiger partial charge in [-0.05, 0) is 31.3 Å². The Balaban J connectivity index is 1.25. The zero-order valence-corrected chi connectivity index (χ0v) is 18.5. The lowest BCUT2D eigenvalue weighted by Crippen LogP contribution is -2.51. The molecule has 4 heterocycles. The van der Waals surface area contributed by atoms with Gasteiger partial charge in [0.05, 0.1) is 31.0 Å². The minimum Gasteiger partial charge on any atom is -0.377 e. The molecule has 1 fully saturated rings. The topological polar surface area (TPSA) is 99.3 Å². The molecule has 0 radical (unpaired) electrons. The minimum absolute atomic E-state index is 0.225. The molecule has 1 saturated heterocycles. The van der Waals surface area contributed by atoms with Crippen molar-refractivity contribution in [1.29, 1.82) is 0 Å². The fourth-order valence-electron chi connectivity index (χ4n) is 3.96. The molecule has 2 aliphatic rings. The van der Waals surface area contributed by atoms with Crippen molar-refractivity contribution in [3.8, 4) is 0 Å². The summed E-state index contributed by atoms with van der Waals surface area (Å²) in [4.78, 5) is 36.5. The van der Waals surface area contributed by atoms with Gasteiger partial charge in [-0.15, -0.1) is 11.3 Å². The Kier molecular flexibility index (Phi) is 5.43. The number of amides is 2. The smallest absolute Gasteiger partial charge is 0.280 e. The number of carbonyl (C=O) groups excluding carboxylic acids is 2. The van der Waals surface area contributed by atoms with E-state index in [1.165, 1.54) is 11.3 Å². The summed E-state index contributed by atoms with van der Waals surface area (Å²) in [5, 5.41) is 7.89. The molecule has 2 amide bonds. The van der Waals surface area contributed by atoms with E-state index in [-0.39, 0.29) is 23.9 Å². The first-order valence-corrected chi connectivity index (χ1v) is 11.3. The molecular formula is C21H22ClN5O3S. The number of nitrogens with zero attached hydrogens (tertiary/aromatic N) is 2. The van der Waals surface area contributed by atoms with Crippen LogP contribution in [0.15, 0.2) is 24.3 Å². The maximum atomic E-state index is 12.8. The molecule has 5 rings (SSSR count). The maximum Gasteiger partial charge on any atom is 0.280 e. The van der Waals surface area contributed by atoms with Crippen molar-refractivity contribution in [2.45, 2.75) is 25.0 Å². The number of H-pyrrole nitrogens is 1. The van der Waals surface area contributed by atoms with E-state index in [4.69, 9.17) is 16.3 Å². The second-order valence-electron chi connectivity index (χ2n) is 7.99. The molecule has 8 nitrogen and oxygen atoms in total. The average Bonchev–Trinajstić information content (AvgIpc) is 3.45. The number of carbonyl (C=O) groups is 2. The van der Waals surface area contributed by atoms with Gasteiger partial charge in [0.1, 0.15) is 5.69 Å². The van der Waals surface area contributed by atoms with Crippen LogP contribution in [-0.4, -0.2) is 65.6 Å². The Morgan fingerprint density at radius 3 is 2.81 bits per heavy atom. The van der Waals surface area contributed by atoms with Gasteiger partial charge in [-0.25, -0.2) is 4.98 Å². The molecule has 0 spiro atoms. The Hall–Kier alpha value is -2.46. The van der Waals surface area contributed by atoms with Crippen LogP contribution >= 0.6 is 22.9 Å². The van der Waals surface area contributed by atoms with Gasteiger partial charge in [0, 0.05) is 40.3 Å². The molecule has 10 heteroatoms. The van der Waals surface area contributed by atoms with Crippen molar-refractivity contribution >= 4 is 45.7 Å². The number of ether oxygens (including phenoxy) is 1. The summed E-state index contributed by atoms with van der Waals surface area (Å²) in [6.07, 6.45) is 0.858. The largest absolute Gasteiger partial charge is 0.377 e. The molecule has 0 aliphatic carbocycles. The second-order valence-corrected chi connectivity index (χ2v) is 9.51. The van der Waals surface area contributed by atoms with E-state index in [0.717, 1.165) is 41.0 Å². The van der Waals surface area contributed by atoms with Crippen molar-refractivity contribution < 1.29 is 14.3 Å². The van der Waals surface area contributed by atoms with E-state index in [0.29, 0.717) is 28.9 Å². The second kappa shape index (κ2) is 8.23. The Morgan fingerprint density at radius 2 is 2.00 bits per heavy atom. The Labute approximate surface area is 187 Å². The van der Waals surface area contributed by atoms with E-state index < -0.39 is 0 Å². The SMILES string of the molecule is CN1CCc2nc(C(=O)N[C@@H]3COC[C@H]3NC(=O)c3cc4cc(Cl)ccc4[nH]3)sc2C1. The fourth-order valence-corrected chi connectivity index (χ4v) is 5.23. The van der Waals surface area contributed by atoms with Crippen LogP contribution in [0.4, 0.5) is 0 Å². The zero-order valence-electron chi connectivity index (χ0n) is 16.9. The standard InChI is InChI=1S/C21H22ClN5O3S/c1-27-5-4-14-18(8-27)31-21(26-14)20(29)25-17-10-30-9-16(17)24-19(28)15-7-11-6-12(22)2-3-13(11)23-15/h2-3,6-7,16-17,23H,4-5,8-10H2,1H3,(H,24,28)(H,25,29)/t16-,17-/m1/s1. The van der Waals surface area contributed by atoms with Gasteiger partial charge in [-0.3, -0.25) is 9.59 Å². The summed E-state index contributed by atoms with van der Waals surface area (Å²) in [5.74, 6) is -0.480. The molecule has 162 valence electrons. The summed E-state index contributed by atoms with van der Waals surface area (Å²) in [6.45, 7) is 2.44. The normalized spacial score (nSPS) is 21.2. The van der Waals surface area contributed by atoms with Gasteiger partial charge in [0.15, 0.2) is 5.01 Å². The molecule has 2 aromatic heterocycles. The molecule has 2 atom stereocenters. The third kappa shape index (κ3) is 4.18. The van der Waals surface area contributed by atoms with E-state index in [9.17, 15) is 9.59 Å². The van der Waals surface area contributed by atoms with E-state index >= 15 is 0 Å². The predicted molar refractivity (Wildman–Crippen MR) is 119 cm³/mol. The van der Waals surface area contributed by atoms with Gasteiger partial charge in [-0.2, -0.15) is 0 Å². The minimum atomic E-state index is -0.327. The number of thiazole rings is 1. The van der Waals surface area contributed by atoms with Crippen LogP contribution in [-0.2, 0) is 17.7 Å². The van der Waals surface area contributed by atoms with Gasteiger partial charge in [-0.1, -0.05) is 11.6 Å². The third-order valence-corrected chi connectivity index (χ3v) is 6.97. The lowest BCUT2D eigenvalue weighted by Gasteiger charge is -2.20. The highest BCUT2D eigenvalue weighted by molar-refractivity contribution is 7.13. The number of aromatic nitrogens is 2. The zero-order chi connectivity index (χ0) is 21.5. The van der Waals surface area contributed by atoms with Crippen LogP contribution in [0, 0.1) is 0 Å². The monoisotopic (exact) mass is 459 g/mol. The van der Waals surface area contributed by atoms with Crippen LogP contribution < -0.4 is 10.6 Å². The highest BCUT2D eigenvalue weighted by Crippen LogP contribution is 2.25. The number of hydrogen-bond acceptors (Lipinski definition) is 6. The first-order chi connectivity index (χ1) is 15.0. The Bertz CT molecular complexity index is 1160. The molecule has 2 aliphatic heterocycles. The van der Waals surface area contributed by atoms with Gasteiger partial charge < -0.3 is 25.3 Å². The number of rotatable bonds is 4. The number of benzene rings is 1. The quantitative estimate of drug-likeness (QED) is 0.555. The summed E-state index contributed by atoms with van der Waals surface area (Å²) >= 11 is 7.46. The van der Waals surface area contributed by atoms with Crippen molar-refractivity contribution in [2.24, 2.45) is 0 Å². The van der Waals surface area contributed by atoms with Crippen LogP contribution in [0.2, 0.25) is 5.02 Å². The maximum absolute atomic E-state index is 12.8.